The minimum Gasteiger partial charge on any atom is -0.455 e. The van der Waals surface area contributed by atoms with E-state index in [1.165, 1.54) is 0 Å². The highest BCUT2D eigenvalue weighted by Gasteiger charge is 2.34. The first-order valence-electron chi connectivity index (χ1n) is 15.0. The second kappa shape index (κ2) is 17.4. The molecule has 0 radical (unpaired) electrons. The Balaban J connectivity index is 2.21. The summed E-state index contributed by atoms with van der Waals surface area (Å²) in [6.07, 6.45) is 9.57. The van der Waals surface area contributed by atoms with Crippen LogP contribution in [0, 0.1) is 5.92 Å². The molecule has 0 aromatic rings. The molecule has 2 bridgehead atoms. The van der Waals surface area contributed by atoms with E-state index in [0.29, 0.717) is 36.8 Å². The predicted molar refractivity (Wildman–Crippen MR) is 161 cm³/mol. The molecule has 7 nitrogen and oxygen atoms in total. The lowest BCUT2D eigenvalue weighted by Gasteiger charge is -2.22. The molecular formula is C34H50O7. The molecule has 6 atom stereocenters. The van der Waals surface area contributed by atoms with Gasteiger partial charge in [-0.1, -0.05) is 57.2 Å². The van der Waals surface area contributed by atoms with Crippen LogP contribution in [-0.2, 0) is 23.9 Å². The van der Waals surface area contributed by atoms with E-state index in [1.807, 2.05) is 13.0 Å². The van der Waals surface area contributed by atoms with Gasteiger partial charge < -0.3 is 19.7 Å². The molecule has 0 spiro atoms. The van der Waals surface area contributed by atoms with Gasteiger partial charge in [-0.15, -0.1) is 0 Å². The van der Waals surface area contributed by atoms with Crippen LogP contribution in [0.3, 0.4) is 0 Å². The van der Waals surface area contributed by atoms with E-state index in [9.17, 15) is 24.6 Å². The van der Waals surface area contributed by atoms with E-state index >= 15 is 0 Å². The van der Waals surface area contributed by atoms with Crippen LogP contribution in [0.25, 0.3) is 0 Å². The molecule has 1 saturated heterocycles. The number of aliphatic hydroxyl groups excluding tert-OH is 2. The fraction of sp³-hybridized carbons (Fsp3) is 0.618. The Morgan fingerprint density at radius 2 is 1.93 bits per heavy atom. The molecule has 0 saturated carbocycles. The molecule has 2 heterocycles. The van der Waals surface area contributed by atoms with Gasteiger partial charge in [-0.05, 0) is 75.2 Å². The van der Waals surface area contributed by atoms with Crippen molar-refractivity contribution in [2.45, 2.75) is 129 Å². The lowest BCUT2D eigenvalue weighted by molar-refractivity contribution is -0.152. The number of rotatable bonds is 7. The number of unbranched alkanes of at least 4 members (excludes halogenated alkanes) is 1. The lowest BCUT2D eigenvalue weighted by Crippen LogP contribution is -2.30. The van der Waals surface area contributed by atoms with Gasteiger partial charge >= 0.3 is 5.97 Å². The van der Waals surface area contributed by atoms with Crippen molar-refractivity contribution in [1.82, 2.24) is 0 Å². The molecule has 2 aliphatic rings. The van der Waals surface area contributed by atoms with Gasteiger partial charge in [0.25, 0.3) is 0 Å². The van der Waals surface area contributed by atoms with Crippen LogP contribution in [0.4, 0.5) is 0 Å². The van der Waals surface area contributed by atoms with Gasteiger partial charge in [-0.3, -0.25) is 14.4 Å². The van der Waals surface area contributed by atoms with Crippen LogP contribution in [0.15, 0.2) is 59.8 Å². The van der Waals surface area contributed by atoms with E-state index in [1.54, 1.807) is 32.1 Å². The second-order valence-corrected chi connectivity index (χ2v) is 11.7. The first kappa shape index (κ1) is 34.6. The molecule has 228 valence electrons. The van der Waals surface area contributed by atoms with Crippen molar-refractivity contribution in [1.29, 1.82) is 0 Å². The Kier molecular flexibility index (Phi) is 14.7. The smallest absolute Gasteiger partial charge is 0.310 e. The van der Waals surface area contributed by atoms with Crippen molar-refractivity contribution >= 4 is 17.5 Å². The summed E-state index contributed by atoms with van der Waals surface area (Å²) in [4.78, 5) is 38.3. The Morgan fingerprint density at radius 3 is 2.63 bits per heavy atom. The molecule has 7 heteroatoms. The lowest BCUT2D eigenvalue weighted by atomic mass is 9.92. The highest BCUT2D eigenvalue weighted by atomic mass is 16.6. The normalized spacial score (nSPS) is 30.2. The molecule has 0 aromatic heterocycles. The van der Waals surface area contributed by atoms with Crippen LogP contribution in [-0.4, -0.2) is 58.3 Å². The molecular weight excluding hydrogens is 520 g/mol. The fourth-order valence-corrected chi connectivity index (χ4v) is 5.11. The first-order chi connectivity index (χ1) is 19.4. The Morgan fingerprint density at radius 1 is 1.20 bits per heavy atom. The highest BCUT2D eigenvalue weighted by Crippen LogP contribution is 2.28. The summed E-state index contributed by atoms with van der Waals surface area (Å²) in [7, 11) is 0. The summed E-state index contributed by atoms with van der Waals surface area (Å²) < 4.78 is 12.0. The molecule has 1 fully saturated rings. The third-order valence-corrected chi connectivity index (χ3v) is 7.92. The predicted octanol–water partition coefficient (Wildman–Crippen LogP) is 6.05. The Hall–Kier alpha value is -2.61. The van der Waals surface area contributed by atoms with Crippen LogP contribution in [0.2, 0.25) is 0 Å². The maximum Gasteiger partial charge on any atom is 0.310 e. The second-order valence-electron chi connectivity index (χ2n) is 11.7. The highest BCUT2D eigenvalue weighted by molar-refractivity contribution is 5.88. The average Bonchev–Trinajstić information content (AvgIpc) is 3.37. The van der Waals surface area contributed by atoms with E-state index in [4.69, 9.17) is 9.47 Å². The number of hydrogen-bond acceptors (Lipinski definition) is 7. The maximum atomic E-state index is 12.9. The van der Waals surface area contributed by atoms with Crippen molar-refractivity contribution in [3.05, 3.63) is 59.8 Å². The fourth-order valence-electron chi connectivity index (χ4n) is 5.11. The number of cyclic esters (lactones) is 1. The zero-order valence-electron chi connectivity index (χ0n) is 25.4. The largest absolute Gasteiger partial charge is 0.455 e. The number of ketones is 2. The van der Waals surface area contributed by atoms with Gasteiger partial charge in [0.15, 0.2) is 0 Å². The van der Waals surface area contributed by atoms with Crippen molar-refractivity contribution in [3.63, 3.8) is 0 Å². The van der Waals surface area contributed by atoms with Gasteiger partial charge in [0, 0.05) is 25.2 Å². The van der Waals surface area contributed by atoms with Crippen LogP contribution < -0.4 is 0 Å². The first-order valence-corrected chi connectivity index (χ1v) is 15.0. The van der Waals surface area contributed by atoms with Gasteiger partial charge in [-0.2, -0.15) is 0 Å². The average molecular weight is 571 g/mol. The summed E-state index contributed by atoms with van der Waals surface area (Å²) in [6, 6.07) is 0. The topological polar surface area (TPSA) is 110 Å². The minimum atomic E-state index is -0.903. The SMILES string of the molecule is C=C1CC/C=C(\C)[C@H](O)CC(=O)C(C)CC(=O)C[C@H]2CC[C@@H](O2)[C@H](/C=C/C=C(\C)[C@@H](O)C(=C)CCCC)OC(=O)C1. The number of fused-ring (bicyclic) bond motifs is 2. The number of carbonyl (C=O) groups excluding carboxylic acids is 3. The van der Waals surface area contributed by atoms with Crippen molar-refractivity contribution in [2.24, 2.45) is 5.92 Å². The van der Waals surface area contributed by atoms with Crippen molar-refractivity contribution < 1.29 is 34.1 Å². The van der Waals surface area contributed by atoms with Gasteiger partial charge in [0.2, 0.25) is 0 Å². The number of carbonyl (C=O) groups is 3. The van der Waals surface area contributed by atoms with Crippen LogP contribution >= 0.6 is 0 Å². The number of aliphatic hydroxyl groups is 2. The van der Waals surface area contributed by atoms with E-state index in [2.05, 4.69) is 20.1 Å². The summed E-state index contributed by atoms with van der Waals surface area (Å²) in [6.45, 7) is 15.5. The zero-order chi connectivity index (χ0) is 30.5. The third-order valence-electron chi connectivity index (χ3n) is 7.92. The van der Waals surface area contributed by atoms with E-state index in [0.717, 1.165) is 30.4 Å². The van der Waals surface area contributed by atoms with Gasteiger partial charge in [0.05, 0.1) is 30.8 Å². The number of ether oxygens (including phenoxy) is 2. The number of hydrogen-bond donors (Lipinski definition) is 2. The summed E-state index contributed by atoms with van der Waals surface area (Å²) in [5, 5.41) is 21.0. The quantitative estimate of drug-likeness (QED) is 0.218. The summed E-state index contributed by atoms with van der Waals surface area (Å²) >= 11 is 0. The Labute approximate surface area is 246 Å². The number of esters is 1. The maximum absolute atomic E-state index is 12.9. The van der Waals surface area contributed by atoms with Crippen molar-refractivity contribution in [3.8, 4) is 0 Å². The molecule has 0 amide bonds. The molecule has 2 aliphatic heterocycles. The van der Waals surface area contributed by atoms with Gasteiger partial charge in [-0.25, -0.2) is 0 Å². The Bertz CT molecular complexity index is 1030. The summed E-state index contributed by atoms with van der Waals surface area (Å²) in [5.74, 6) is -1.10. The van der Waals surface area contributed by atoms with Crippen LogP contribution in [0.5, 0.6) is 0 Å². The third kappa shape index (κ3) is 12.0. The monoisotopic (exact) mass is 570 g/mol. The standard InChI is InChI=1S/C34H50O7/c1-7-8-12-24(4)34(39)25(5)14-10-15-31-32-17-16-28(40-32)20-27(35)19-26(6)30(37)21-29(36)23(3)13-9-11-22(2)18-33(38)41-31/h10,13-15,26,28-29,31-32,34,36,39H,2,4,7-9,11-12,16-21H2,1,3,5-6H3/b15-10+,23-13+,25-14+/t26?,28-,29-,31+,32-,34+/m1/s1. The molecule has 0 aromatic carbocycles. The van der Waals surface area contributed by atoms with E-state index < -0.39 is 36.3 Å². The van der Waals surface area contributed by atoms with Crippen molar-refractivity contribution in [2.75, 3.05) is 0 Å². The molecule has 1 unspecified atom stereocenters. The summed E-state index contributed by atoms with van der Waals surface area (Å²) in [5.41, 5.74) is 2.90. The van der Waals surface area contributed by atoms with Crippen LogP contribution in [0.1, 0.15) is 98.3 Å². The van der Waals surface area contributed by atoms with Gasteiger partial charge in [0.1, 0.15) is 17.7 Å². The molecule has 0 aliphatic carbocycles. The molecule has 2 N–H and O–H groups in total. The van der Waals surface area contributed by atoms with E-state index in [-0.39, 0.29) is 43.4 Å². The number of allylic oxidation sites excluding steroid dienone is 3. The zero-order valence-corrected chi connectivity index (χ0v) is 25.4. The minimum absolute atomic E-state index is 0.0299. The molecule has 41 heavy (non-hydrogen) atoms. The number of Topliss-reactive ketones (excluding diaryl/α,β-unsaturated/α-hetero) is 2. The molecule has 2 rings (SSSR count).